The summed E-state index contributed by atoms with van der Waals surface area (Å²) in [6.07, 6.45) is 0. The van der Waals surface area contributed by atoms with Gasteiger partial charge in [0.2, 0.25) is 5.91 Å². The molecular weight excluding hydrogens is 442 g/mol. The number of ether oxygens (including phenoxy) is 2. The summed E-state index contributed by atoms with van der Waals surface area (Å²) in [4.78, 5) is 59.6. The maximum atomic E-state index is 12.8. The summed E-state index contributed by atoms with van der Waals surface area (Å²) in [5.74, 6) is -4.56. The highest BCUT2D eigenvalue weighted by Crippen LogP contribution is 2.46. The average Bonchev–Trinajstić information content (AvgIpc) is 2.68. The highest BCUT2D eigenvalue weighted by molar-refractivity contribution is 8.00. The van der Waals surface area contributed by atoms with E-state index in [1.807, 2.05) is 0 Å². The molecule has 1 fully saturated rings. The standard InChI is InChI=1S/C16H21N3O9S2/c1-7(20)28-3-8-4-30-15-16(27-2,14(26)19(15)11(8)13(24)25)18-10(21)6-29-5-9(17)12(22)23/h9,15H,3-6,17H2,1-2H3,(H,18,21)(H,22,23)(H,24,25)/t9-,15-,16+/m1/s1. The molecule has 1 saturated heterocycles. The molecule has 2 amide bonds. The zero-order valence-electron chi connectivity index (χ0n) is 16.1. The van der Waals surface area contributed by atoms with Gasteiger partial charge in [-0.15, -0.1) is 23.5 Å². The molecule has 0 unspecified atom stereocenters. The van der Waals surface area contributed by atoms with E-state index in [9.17, 15) is 29.1 Å². The molecule has 0 aromatic rings. The van der Waals surface area contributed by atoms with Gasteiger partial charge in [0.05, 0.1) is 5.75 Å². The van der Waals surface area contributed by atoms with Gasteiger partial charge in [-0.1, -0.05) is 0 Å². The third-order valence-corrected chi connectivity index (χ3v) is 6.69. The molecule has 2 aliphatic heterocycles. The van der Waals surface area contributed by atoms with Crippen molar-refractivity contribution in [2.24, 2.45) is 5.73 Å². The van der Waals surface area contributed by atoms with E-state index in [0.717, 1.165) is 28.4 Å². The number of aliphatic carboxylic acids is 2. The number of methoxy groups -OCH3 is 1. The third-order valence-electron chi connectivity index (χ3n) is 4.26. The summed E-state index contributed by atoms with van der Waals surface area (Å²) in [5.41, 5.74) is 3.55. The number of carbonyl (C=O) groups excluding carboxylic acids is 3. The fourth-order valence-corrected chi connectivity index (χ4v) is 5.03. The number of carbonyl (C=O) groups is 5. The van der Waals surface area contributed by atoms with Crippen LogP contribution < -0.4 is 11.1 Å². The minimum Gasteiger partial charge on any atom is -0.480 e. The van der Waals surface area contributed by atoms with Crippen LogP contribution in [0.1, 0.15) is 6.92 Å². The highest BCUT2D eigenvalue weighted by Gasteiger charge is 2.66. The van der Waals surface area contributed by atoms with Crippen molar-refractivity contribution < 1.29 is 43.7 Å². The second-order valence-electron chi connectivity index (χ2n) is 6.32. The number of nitrogens with one attached hydrogen (secondary N) is 1. The van der Waals surface area contributed by atoms with Gasteiger partial charge in [0, 0.05) is 31.1 Å². The monoisotopic (exact) mass is 463 g/mol. The number of β-lactam (4-membered cyclic amide) rings is 1. The number of nitrogens with two attached hydrogens (primary N) is 1. The van der Waals surface area contributed by atoms with Crippen LogP contribution in [0.4, 0.5) is 0 Å². The van der Waals surface area contributed by atoms with Crippen molar-refractivity contribution in [2.45, 2.75) is 24.1 Å². The number of fused-ring (bicyclic) bond motifs is 1. The van der Waals surface area contributed by atoms with Gasteiger partial charge in [-0.3, -0.25) is 24.1 Å². The second-order valence-corrected chi connectivity index (χ2v) is 8.42. The van der Waals surface area contributed by atoms with Crippen molar-refractivity contribution in [3.05, 3.63) is 11.3 Å². The Balaban J connectivity index is 2.11. The number of amides is 2. The van der Waals surface area contributed by atoms with Gasteiger partial charge >= 0.3 is 17.9 Å². The zero-order chi connectivity index (χ0) is 22.6. The van der Waals surface area contributed by atoms with Gasteiger partial charge in [-0.25, -0.2) is 4.79 Å². The summed E-state index contributed by atoms with van der Waals surface area (Å²) in [6.45, 7) is 0.911. The average molecular weight is 463 g/mol. The molecule has 2 rings (SSSR count). The molecule has 166 valence electrons. The molecule has 2 heterocycles. The predicted octanol–water partition coefficient (Wildman–Crippen LogP) is -1.59. The van der Waals surface area contributed by atoms with E-state index in [1.54, 1.807) is 0 Å². The van der Waals surface area contributed by atoms with Crippen molar-refractivity contribution in [3.63, 3.8) is 0 Å². The molecule has 12 nitrogen and oxygen atoms in total. The highest BCUT2D eigenvalue weighted by atomic mass is 32.2. The molecule has 0 saturated carbocycles. The predicted molar refractivity (Wildman–Crippen MR) is 105 cm³/mol. The summed E-state index contributed by atoms with van der Waals surface area (Å²) in [5, 5.41) is 19.9. The minimum atomic E-state index is -1.76. The molecule has 0 aliphatic carbocycles. The number of nitrogens with zero attached hydrogens (tertiary/aromatic N) is 1. The molecule has 5 N–H and O–H groups in total. The molecule has 30 heavy (non-hydrogen) atoms. The van der Waals surface area contributed by atoms with E-state index in [0.29, 0.717) is 0 Å². The summed E-state index contributed by atoms with van der Waals surface area (Å²) in [7, 11) is 1.21. The van der Waals surface area contributed by atoms with Crippen LogP contribution in [0.15, 0.2) is 11.3 Å². The Morgan fingerprint density at radius 2 is 2.07 bits per heavy atom. The van der Waals surface area contributed by atoms with Crippen LogP contribution in [-0.4, -0.2) is 93.0 Å². The number of rotatable bonds is 10. The molecule has 14 heteroatoms. The van der Waals surface area contributed by atoms with Crippen molar-refractivity contribution in [1.82, 2.24) is 10.2 Å². The first-order chi connectivity index (χ1) is 14.0. The molecule has 3 atom stereocenters. The Hall–Kier alpha value is -2.29. The Morgan fingerprint density at radius 1 is 1.40 bits per heavy atom. The Morgan fingerprint density at radius 3 is 2.60 bits per heavy atom. The lowest BCUT2D eigenvalue weighted by atomic mass is 9.98. The lowest BCUT2D eigenvalue weighted by molar-refractivity contribution is -0.192. The van der Waals surface area contributed by atoms with Gasteiger partial charge in [0.15, 0.2) is 0 Å². The van der Waals surface area contributed by atoms with Crippen LogP contribution in [0.5, 0.6) is 0 Å². The van der Waals surface area contributed by atoms with Gasteiger partial charge in [-0.2, -0.15) is 0 Å². The summed E-state index contributed by atoms with van der Waals surface area (Å²) >= 11 is 2.12. The number of thioether (sulfide) groups is 2. The molecule has 0 radical (unpaired) electrons. The Bertz CT molecular complexity index is 803. The molecule has 2 aliphatic rings. The van der Waals surface area contributed by atoms with Crippen LogP contribution in [0.2, 0.25) is 0 Å². The van der Waals surface area contributed by atoms with Gasteiger partial charge in [0.25, 0.3) is 11.6 Å². The third kappa shape index (κ3) is 4.71. The topological polar surface area (TPSA) is 186 Å². The fraction of sp³-hybridized carbons (Fsp3) is 0.562. The maximum Gasteiger partial charge on any atom is 0.352 e. The second kappa shape index (κ2) is 9.68. The van der Waals surface area contributed by atoms with Crippen molar-refractivity contribution >= 4 is 53.2 Å². The molecule has 0 bridgehead atoms. The summed E-state index contributed by atoms with van der Waals surface area (Å²) in [6, 6.07) is -1.13. The Kier molecular flexibility index (Phi) is 7.74. The van der Waals surface area contributed by atoms with E-state index in [2.05, 4.69) is 5.32 Å². The zero-order valence-corrected chi connectivity index (χ0v) is 17.7. The SMILES string of the molecule is CO[C@@]1(NC(=O)CSC[C@@H](N)C(=O)O)C(=O)N2C(C(=O)O)=C(COC(C)=O)CS[C@@H]21. The first-order valence-corrected chi connectivity index (χ1v) is 10.7. The van der Waals surface area contributed by atoms with Crippen LogP contribution >= 0.6 is 23.5 Å². The molecule has 0 spiro atoms. The molecule has 0 aromatic carbocycles. The van der Waals surface area contributed by atoms with Crippen molar-refractivity contribution in [2.75, 3.05) is 31.0 Å². The largest absolute Gasteiger partial charge is 0.480 e. The number of hydrogen-bond donors (Lipinski definition) is 4. The fourth-order valence-electron chi connectivity index (χ4n) is 2.84. The van der Waals surface area contributed by atoms with Crippen LogP contribution in [0, 0.1) is 0 Å². The van der Waals surface area contributed by atoms with E-state index in [1.165, 1.54) is 14.0 Å². The van der Waals surface area contributed by atoms with Crippen LogP contribution in [0.3, 0.4) is 0 Å². The van der Waals surface area contributed by atoms with Gasteiger partial charge in [0.1, 0.15) is 23.7 Å². The van der Waals surface area contributed by atoms with E-state index in [4.69, 9.17) is 20.3 Å². The minimum absolute atomic E-state index is 0.00755. The number of carboxylic acids is 2. The maximum absolute atomic E-state index is 12.8. The van der Waals surface area contributed by atoms with E-state index < -0.39 is 46.9 Å². The van der Waals surface area contributed by atoms with Crippen molar-refractivity contribution in [1.29, 1.82) is 0 Å². The van der Waals surface area contributed by atoms with Crippen LogP contribution in [-0.2, 0) is 33.4 Å². The molecule has 0 aromatic heterocycles. The smallest absolute Gasteiger partial charge is 0.352 e. The van der Waals surface area contributed by atoms with E-state index >= 15 is 0 Å². The summed E-state index contributed by atoms with van der Waals surface area (Å²) < 4.78 is 10.1. The lowest BCUT2D eigenvalue weighted by Crippen LogP contribution is -2.80. The van der Waals surface area contributed by atoms with Gasteiger partial charge < -0.3 is 30.7 Å². The van der Waals surface area contributed by atoms with E-state index in [-0.39, 0.29) is 35.1 Å². The van der Waals surface area contributed by atoms with Gasteiger partial charge in [-0.05, 0) is 0 Å². The lowest BCUT2D eigenvalue weighted by Gasteiger charge is -2.55. The van der Waals surface area contributed by atoms with Crippen molar-refractivity contribution in [3.8, 4) is 0 Å². The Labute approximate surface area is 179 Å². The quantitative estimate of drug-likeness (QED) is 0.165. The molecular formula is C16H21N3O9S2. The number of carboxylic acid groups (broad SMARTS) is 2. The van der Waals surface area contributed by atoms with Crippen LogP contribution in [0.25, 0.3) is 0 Å². The number of hydrogen-bond acceptors (Lipinski definition) is 10. The normalized spacial score (nSPS) is 23.9. The first-order valence-electron chi connectivity index (χ1n) is 8.51. The first kappa shape index (κ1) is 24.0. The number of esters is 1.